The van der Waals surface area contributed by atoms with E-state index in [0.717, 1.165) is 12.1 Å². The number of nitrogens with zero attached hydrogens (tertiary/aromatic N) is 2. The standard InChI is InChI=1S/C18H13ClF2N4O2S/c1-9-16(10-2-3-12(20)13(21)6-10)25-18(28-9)24-15(26)8-23-17(27)14-7-11(19)4-5-22-14/h2-7H,8H2,1H3,(H,23,27)(H,24,25,26). The molecule has 28 heavy (non-hydrogen) atoms. The summed E-state index contributed by atoms with van der Waals surface area (Å²) in [7, 11) is 0. The van der Waals surface area contributed by atoms with E-state index < -0.39 is 23.4 Å². The molecule has 3 aromatic rings. The molecule has 6 nitrogen and oxygen atoms in total. The van der Waals surface area contributed by atoms with Crippen molar-refractivity contribution in [2.45, 2.75) is 6.92 Å². The maximum atomic E-state index is 13.4. The van der Waals surface area contributed by atoms with Crippen molar-refractivity contribution >= 4 is 39.9 Å². The van der Waals surface area contributed by atoms with Crippen LogP contribution in [-0.2, 0) is 4.79 Å². The topological polar surface area (TPSA) is 84.0 Å². The lowest BCUT2D eigenvalue weighted by Gasteiger charge is -2.04. The number of thiazole rings is 1. The molecule has 0 saturated heterocycles. The Kier molecular flexibility index (Phi) is 5.96. The van der Waals surface area contributed by atoms with Gasteiger partial charge >= 0.3 is 0 Å². The smallest absolute Gasteiger partial charge is 0.270 e. The summed E-state index contributed by atoms with van der Waals surface area (Å²) in [6, 6.07) is 6.38. The number of amides is 2. The van der Waals surface area contributed by atoms with E-state index in [1.54, 1.807) is 6.92 Å². The van der Waals surface area contributed by atoms with Crippen LogP contribution in [0.4, 0.5) is 13.9 Å². The first-order valence-electron chi connectivity index (χ1n) is 7.96. The fourth-order valence-corrected chi connectivity index (χ4v) is 3.32. The normalized spacial score (nSPS) is 10.6. The second-order valence-electron chi connectivity index (χ2n) is 5.64. The Labute approximate surface area is 167 Å². The zero-order chi connectivity index (χ0) is 20.3. The monoisotopic (exact) mass is 422 g/mol. The lowest BCUT2D eigenvalue weighted by molar-refractivity contribution is -0.115. The lowest BCUT2D eigenvalue weighted by atomic mass is 10.1. The predicted octanol–water partition coefficient (Wildman–Crippen LogP) is 3.81. The highest BCUT2D eigenvalue weighted by Gasteiger charge is 2.15. The van der Waals surface area contributed by atoms with E-state index in [4.69, 9.17) is 11.6 Å². The van der Waals surface area contributed by atoms with Gasteiger partial charge in [0.2, 0.25) is 5.91 Å². The quantitative estimate of drug-likeness (QED) is 0.654. The molecule has 0 radical (unpaired) electrons. The van der Waals surface area contributed by atoms with Gasteiger partial charge in [0.15, 0.2) is 16.8 Å². The van der Waals surface area contributed by atoms with Crippen LogP contribution in [0, 0.1) is 18.6 Å². The fourth-order valence-electron chi connectivity index (χ4n) is 2.30. The van der Waals surface area contributed by atoms with Gasteiger partial charge < -0.3 is 10.6 Å². The number of rotatable bonds is 5. The van der Waals surface area contributed by atoms with Gasteiger partial charge in [-0.1, -0.05) is 11.6 Å². The molecule has 0 unspecified atom stereocenters. The van der Waals surface area contributed by atoms with Crippen LogP contribution in [0.25, 0.3) is 11.3 Å². The van der Waals surface area contributed by atoms with Gasteiger partial charge in [-0.05, 0) is 37.3 Å². The zero-order valence-electron chi connectivity index (χ0n) is 14.4. The van der Waals surface area contributed by atoms with Crippen molar-refractivity contribution in [2.75, 3.05) is 11.9 Å². The summed E-state index contributed by atoms with van der Waals surface area (Å²) < 4.78 is 26.5. The van der Waals surface area contributed by atoms with Crippen LogP contribution in [0.1, 0.15) is 15.4 Å². The summed E-state index contributed by atoms with van der Waals surface area (Å²) >= 11 is 6.97. The maximum Gasteiger partial charge on any atom is 0.270 e. The van der Waals surface area contributed by atoms with E-state index in [0.29, 0.717) is 21.2 Å². The van der Waals surface area contributed by atoms with Gasteiger partial charge in [0.25, 0.3) is 5.91 Å². The number of hydrogen-bond acceptors (Lipinski definition) is 5. The van der Waals surface area contributed by atoms with E-state index in [1.165, 1.54) is 35.7 Å². The number of carbonyl (C=O) groups is 2. The largest absolute Gasteiger partial charge is 0.342 e. The van der Waals surface area contributed by atoms with E-state index >= 15 is 0 Å². The second kappa shape index (κ2) is 8.41. The molecule has 0 aliphatic heterocycles. The lowest BCUT2D eigenvalue weighted by Crippen LogP contribution is -2.33. The van der Waals surface area contributed by atoms with E-state index in [1.807, 2.05) is 0 Å². The summed E-state index contributed by atoms with van der Waals surface area (Å²) in [6.07, 6.45) is 1.38. The molecule has 3 rings (SSSR count). The third-order valence-corrected chi connectivity index (χ3v) is 4.72. The maximum absolute atomic E-state index is 13.4. The Morgan fingerprint density at radius 1 is 1.18 bits per heavy atom. The number of benzene rings is 1. The molecular formula is C18H13ClF2N4O2S. The molecule has 0 aliphatic rings. The van der Waals surface area contributed by atoms with Crippen molar-refractivity contribution in [3.63, 3.8) is 0 Å². The Morgan fingerprint density at radius 2 is 1.96 bits per heavy atom. The molecule has 144 valence electrons. The van der Waals surface area contributed by atoms with Gasteiger partial charge in [-0.15, -0.1) is 11.3 Å². The van der Waals surface area contributed by atoms with Crippen LogP contribution in [0.2, 0.25) is 5.02 Å². The number of carbonyl (C=O) groups excluding carboxylic acids is 2. The SMILES string of the molecule is Cc1sc(NC(=O)CNC(=O)c2cc(Cl)ccn2)nc1-c1ccc(F)c(F)c1. The fraction of sp³-hybridized carbons (Fsp3) is 0.111. The van der Waals surface area contributed by atoms with Crippen molar-refractivity contribution in [2.24, 2.45) is 0 Å². The highest BCUT2D eigenvalue weighted by Crippen LogP contribution is 2.31. The molecule has 1 aromatic carbocycles. The number of aryl methyl sites for hydroxylation is 1. The Morgan fingerprint density at radius 3 is 2.68 bits per heavy atom. The van der Waals surface area contributed by atoms with Gasteiger partial charge in [0.05, 0.1) is 12.2 Å². The van der Waals surface area contributed by atoms with Crippen molar-refractivity contribution in [3.8, 4) is 11.3 Å². The molecule has 0 aliphatic carbocycles. The van der Waals surface area contributed by atoms with Crippen molar-refractivity contribution in [1.82, 2.24) is 15.3 Å². The van der Waals surface area contributed by atoms with E-state index in [9.17, 15) is 18.4 Å². The van der Waals surface area contributed by atoms with Crippen LogP contribution >= 0.6 is 22.9 Å². The summed E-state index contributed by atoms with van der Waals surface area (Å²) in [5.41, 5.74) is 0.922. The minimum Gasteiger partial charge on any atom is -0.342 e. The number of hydrogen-bond donors (Lipinski definition) is 2. The molecule has 2 aromatic heterocycles. The molecule has 2 amide bonds. The Balaban J connectivity index is 1.63. The molecule has 0 spiro atoms. The number of halogens is 3. The van der Waals surface area contributed by atoms with Gasteiger partial charge in [-0.2, -0.15) is 0 Å². The second-order valence-corrected chi connectivity index (χ2v) is 7.28. The molecule has 2 N–H and O–H groups in total. The molecular weight excluding hydrogens is 410 g/mol. The van der Waals surface area contributed by atoms with Crippen LogP contribution in [0.15, 0.2) is 36.5 Å². The molecule has 0 fully saturated rings. The minimum atomic E-state index is -0.979. The highest BCUT2D eigenvalue weighted by molar-refractivity contribution is 7.16. The number of nitrogens with one attached hydrogen (secondary N) is 2. The number of anilines is 1. The zero-order valence-corrected chi connectivity index (χ0v) is 16.0. The molecule has 2 heterocycles. The average Bonchev–Trinajstić information content (AvgIpc) is 3.02. The van der Waals surface area contributed by atoms with Crippen molar-refractivity contribution in [3.05, 3.63) is 63.8 Å². The predicted molar refractivity (Wildman–Crippen MR) is 102 cm³/mol. The van der Waals surface area contributed by atoms with Gasteiger partial charge in [0.1, 0.15) is 5.69 Å². The van der Waals surface area contributed by atoms with Gasteiger partial charge in [-0.25, -0.2) is 13.8 Å². The highest BCUT2D eigenvalue weighted by atomic mass is 35.5. The van der Waals surface area contributed by atoms with Crippen LogP contribution in [0.5, 0.6) is 0 Å². The molecule has 0 atom stereocenters. The van der Waals surface area contributed by atoms with E-state index in [2.05, 4.69) is 20.6 Å². The van der Waals surface area contributed by atoms with E-state index in [-0.39, 0.29) is 17.4 Å². The third-order valence-electron chi connectivity index (χ3n) is 3.60. The Bertz CT molecular complexity index is 1060. The molecule has 0 bridgehead atoms. The van der Waals surface area contributed by atoms with Crippen molar-refractivity contribution < 1.29 is 18.4 Å². The summed E-state index contributed by atoms with van der Waals surface area (Å²) in [5.74, 6) is -2.97. The van der Waals surface area contributed by atoms with Crippen molar-refractivity contribution in [1.29, 1.82) is 0 Å². The molecule has 10 heteroatoms. The van der Waals surface area contributed by atoms with Crippen LogP contribution < -0.4 is 10.6 Å². The third kappa shape index (κ3) is 4.68. The van der Waals surface area contributed by atoms with Gasteiger partial charge in [-0.3, -0.25) is 14.6 Å². The minimum absolute atomic E-state index is 0.0889. The summed E-state index contributed by atoms with van der Waals surface area (Å²) in [6.45, 7) is 1.45. The summed E-state index contributed by atoms with van der Waals surface area (Å²) in [4.78, 5) is 32.8. The number of aromatic nitrogens is 2. The number of pyridine rings is 1. The van der Waals surface area contributed by atoms with Gasteiger partial charge in [0, 0.05) is 21.7 Å². The summed E-state index contributed by atoms with van der Waals surface area (Å²) in [5, 5.41) is 5.61. The Hall–Kier alpha value is -2.91. The first-order chi connectivity index (χ1) is 13.3. The van der Waals surface area contributed by atoms with Crippen LogP contribution in [0.3, 0.4) is 0 Å². The first-order valence-corrected chi connectivity index (χ1v) is 9.15. The average molecular weight is 423 g/mol. The first kappa shape index (κ1) is 19.8. The molecule has 0 saturated carbocycles. The van der Waals surface area contributed by atoms with Crippen LogP contribution in [-0.4, -0.2) is 28.3 Å².